The van der Waals surface area contributed by atoms with Gasteiger partial charge in [-0.15, -0.1) is 0 Å². The molecule has 0 bridgehead atoms. The number of nitrogens with one attached hydrogen (secondary N) is 2. The molecule has 6 rings (SSSR count). The zero-order valence-corrected chi connectivity index (χ0v) is 23.2. The van der Waals surface area contributed by atoms with Gasteiger partial charge >= 0.3 is 0 Å². The molecule has 0 spiro atoms. The van der Waals surface area contributed by atoms with Gasteiger partial charge in [-0.25, -0.2) is 0 Å². The third kappa shape index (κ3) is 6.67. The lowest BCUT2D eigenvalue weighted by atomic mass is 9.94. The summed E-state index contributed by atoms with van der Waals surface area (Å²) in [5.41, 5.74) is 24.4. The van der Waals surface area contributed by atoms with Gasteiger partial charge in [-0.05, 0) is 75.7 Å². The maximum Gasteiger partial charge on any atom is 0.226 e. The molecule has 41 heavy (non-hydrogen) atoms. The molecule has 2 aliphatic rings. The Labute approximate surface area is 241 Å². The first-order chi connectivity index (χ1) is 20.2. The average molecular weight is 545 g/mol. The Bertz CT molecular complexity index is 1450. The number of nitrogens with zero attached hydrogens (tertiary/aromatic N) is 3. The number of amides is 1. The van der Waals surface area contributed by atoms with Gasteiger partial charge in [0.15, 0.2) is 0 Å². The molecule has 0 saturated heterocycles. The molecule has 0 unspecified atom stereocenters. The molecular weight excluding hydrogens is 508 g/mol. The Morgan fingerprint density at radius 1 is 0.707 bits per heavy atom. The van der Waals surface area contributed by atoms with Crippen LogP contribution in [-0.2, 0) is 30.5 Å². The van der Waals surface area contributed by atoms with Crippen LogP contribution in [0, 0.1) is 0 Å². The van der Waals surface area contributed by atoms with Crippen molar-refractivity contribution in [2.45, 2.75) is 37.8 Å². The first kappa shape index (κ1) is 28.1. The molecule has 208 valence electrons. The summed E-state index contributed by atoms with van der Waals surface area (Å²) in [6, 6.07) is 33.9. The summed E-state index contributed by atoms with van der Waals surface area (Å²) >= 11 is 0. The fourth-order valence-corrected chi connectivity index (χ4v) is 5.95. The van der Waals surface area contributed by atoms with Gasteiger partial charge in [-0.1, -0.05) is 102 Å². The van der Waals surface area contributed by atoms with Gasteiger partial charge in [0.2, 0.25) is 5.91 Å². The predicted octanol–water partition coefficient (Wildman–Crippen LogP) is 5.72. The van der Waals surface area contributed by atoms with E-state index in [0.717, 1.165) is 43.4 Å². The van der Waals surface area contributed by atoms with E-state index >= 15 is 0 Å². The summed E-state index contributed by atoms with van der Waals surface area (Å²) in [7, 11) is 0. The Kier molecular flexibility index (Phi) is 9.45. The highest BCUT2D eigenvalue weighted by molar-refractivity contribution is 5.79. The van der Waals surface area contributed by atoms with Gasteiger partial charge in [0.1, 0.15) is 6.54 Å². The van der Waals surface area contributed by atoms with Gasteiger partial charge < -0.3 is 16.4 Å². The van der Waals surface area contributed by atoms with E-state index in [1.807, 2.05) is 24.3 Å². The monoisotopic (exact) mass is 544 g/mol. The van der Waals surface area contributed by atoms with Crippen LogP contribution in [0.4, 0.5) is 0 Å². The number of azide groups is 1. The number of benzene rings is 4. The number of hydrogen-bond acceptors (Lipinski definition) is 4. The van der Waals surface area contributed by atoms with Crippen molar-refractivity contribution in [3.63, 3.8) is 0 Å². The van der Waals surface area contributed by atoms with E-state index in [9.17, 15) is 4.79 Å². The lowest BCUT2D eigenvalue weighted by Gasteiger charge is -2.21. The lowest BCUT2D eigenvalue weighted by molar-refractivity contribution is -0.120. The lowest BCUT2D eigenvalue weighted by Crippen LogP contribution is -2.31. The SMILES string of the molecule is NCCNC1c2ccccc2CCc2ccccc21.[N-]=[N+]=NCC(=O)NC1c2ccccc2CCc2ccccc21. The molecule has 0 aromatic heterocycles. The maximum atomic E-state index is 12.0. The normalized spacial score (nSPS) is 13.9. The molecular formula is C34H36N6O. The van der Waals surface area contributed by atoms with Gasteiger partial charge in [-0.2, -0.15) is 0 Å². The van der Waals surface area contributed by atoms with Crippen LogP contribution in [0.25, 0.3) is 10.4 Å². The van der Waals surface area contributed by atoms with Gasteiger partial charge in [0.05, 0.1) is 12.1 Å². The third-order valence-corrected chi connectivity index (χ3v) is 7.87. The van der Waals surface area contributed by atoms with Gasteiger partial charge in [0.25, 0.3) is 0 Å². The molecule has 4 aromatic rings. The topological polar surface area (TPSA) is 116 Å². The van der Waals surface area contributed by atoms with Crippen molar-refractivity contribution in [1.82, 2.24) is 10.6 Å². The zero-order valence-electron chi connectivity index (χ0n) is 23.2. The number of rotatable bonds is 6. The summed E-state index contributed by atoms with van der Waals surface area (Å²) in [6.45, 7) is 1.32. The molecule has 0 atom stereocenters. The second kappa shape index (κ2) is 13.8. The summed E-state index contributed by atoms with van der Waals surface area (Å²) in [5, 5.41) is 9.94. The van der Waals surface area contributed by atoms with Crippen LogP contribution in [0.1, 0.15) is 56.6 Å². The molecule has 0 saturated carbocycles. The number of hydrogen-bond donors (Lipinski definition) is 3. The largest absolute Gasteiger partial charge is 0.345 e. The molecule has 4 N–H and O–H groups in total. The molecule has 0 radical (unpaired) electrons. The fourth-order valence-electron chi connectivity index (χ4n) is 5.95. The van der Waals surface area contributed by atoms with E-state index < -0.39 is 0 Å². The van der Waals surface area contributed by atoms with Gasteiger partial charge in [0, 0.05) is 18.0 Å². The zero-order chi connectivity index (χ0) is 28.4. The van der Waals surface area contributed by atoms with Gasteiger partial charge in [-0.3, -0.25) is 4.79 Å². The van der Waals surface area contributed by atoms with Crippen LogP contribution in [0.2, 0.25) is 0 Å². The molecule has 1 amide bonds. The highest BCUT2D eigenvalue weighted by atomic mass is 16.2. The Morgan fingerprint density at radius 2 is 1.10 bits per heavy atom. The van der Waals surface area contributed by atoms with E-state index in [0.29, 0.717) is 6.54 Å². The van der Waals surface area contributed by atoms with Crippen LogP contribution < -0.4 is 16.4 Å². The van der Waals surface area contributed by atoms with E-state index in [1.54, 1.807) is 0 Å². The summed E-state index contributed by atoms with van der Waals surface area (Å²) < 4.78 is 0. The minimum atomic E-state index is -0.269. The van der Waals surface area contributed by atoms with Crippen molar-refractivity contribution < 1.29 is 4.79 Å². The first-order valence-electron chi connectivity index (χ1n) is 14.2. The quantitative estimate of drug-likeness (QED) is 0.164. The maximum absolute atomic E-state index is 12.0. The second-order valence-corrected chi connectivity index (χ2v) is 10.4. The number of fused-ring (bicyclic) bond motifs is 4. The van der Waals surface area contributed by atoms with Crippen molar-refractivity contribution in [2.75, 3.05) is 19.6 Å². The Hall–Kier alpha value is -4.42. The third-order valence-electron chi connectivity index (χ3n) is 7.87. The van der Waals surface area contributed by atoms with Crippen molar-refractivity contribution >= 4 is 5.91 Å². The number of nitrogens with two attached hydrogens (primary N) is 1. The molecule has 4 aromatic carbocycles. The predicted molar refractivity (Wildman–Crippen MR) is 163 cm³/mol. The van der Waals surface area contributed by atoms with Crippen LogP contribution >= 0.6 is 0 Å². The number of carbonyl (C=O) groups excluding carboxylic acids is 1. The Balaban J connectivity index is 0.000000166. The minimum Gasteiger partial charge on any atom is -0.345 e. The van der Waals surface area contributed by atoms with E-state index in [4.69, 9.17) is 11.3 Å². The molecule has 0 fully saturated rings. The Morgan fingerprint density at radius 3 is 1.49 bits per heavy atom. The molecule has 7 heteroatoms. The highest BCUT2D eigenvalue weighted by Crippen LogP contribution is 2.33. The summed E-state index contributed by atoms with van der Waals surface area (Å²) in [4.78, 5) is 14.7. The van der Waals surface area contributed by atoms with E-state index in [1.165, 1.54) is 33.4 Å². The van der Waals surface area contributed by atoms with Crippen LogP contribution in [-0.4, -0.2) is 25.5 Å². The molecule has 0 aliphatic heterocycles. The molecule has 2 aliphatic carbocycles. The smallest absolute Gasteiger partial charge is 0.226 e. The first-order valence-corrected chi connectivity index (χ1v) is 14.2. The number of aryl methyl sites for hydroxylation is 4. The van der Waals surface area contributed by atoms with Crippen molar-refractivity contribution in [1.29, 1.82) is 0 Å². The molecule has 7 nitrogen and oxygen atoms in total. The van der Waals surface area contributed by atoms with Crippen LogP contribution in [0.3, 0.4) is 0 Å². The van der Waals surface area contributed by atoms with Crippen molar-refractivity contribution in [3.05, 3.63) is 152 Å². The van der Waals surface area contributed by atoms with Crippen molar-refractivity contribution in [2.24, 2.45) is 10.8 Å². The standard InChI is InChI=1S/C17H16N4O.C17H20N2/c18-21-19-11-16(22)20-17-14-7-3-1-5-12(14)9-10-13-6-2-4-8-15(13)17;18-11-12-19-17-15-7-3-1-5-13(15)9-10-14-6-2-4-8-16(14)17/h1-8,17H,9-11H2,(H,20,22);1-8,17,19H,9-12,18H2. The molecule has 0 heterocycles. The van der Waals surface area contributed by atoms with Crippen molar-refractivity contribution in [3.8, 4) is 0 Å². The van der Waals surface area contributed by atoms with Crippen LogP contribution in [0.15, 0.2) is 102 Å². The summed E-state index contributed by atoms with van der Waals surface area (Å²) in [5.74, 6) is -0.269. The fraction of sp³-hybridized carbons (Fsp3) is 0.265. The van der Waals surface area contributed by atoms with E-state index in [-0.39, 0.29) is 24.5 Å². The highest BCUT2D eigenvalue weighted by Gasteiger charge is 2.24. The summed E-state index contributed by atoms with van der Waals surface area (Å²) in [6.07, 6.45) is 4.15. The van der Waals surface area contributed by atoms with E-state index in [2.05, 4.69) is 93.5 Å². The number of carbonyl (C=O) groups is 1. The average Bonchev–Trinajstić information content (AvgIpc) is 3.28. The van der Waals surface area contributed by atoms with Crippen LogP contribution in [0.5, 0.6) is 0 Å². The minimum absolute atomic E-state index is 0.183. The second-order valence-electron chi connectivity index (χ2n) is 10.4.